The van der Waals surface area contributed by atoms with E-state index in [1.165, 1.54) is 0 Å². The number of hydrogen-bond donors (Lipinski definition) is 2. The van der Waals surface area contributed by atoms with Gasteiger partial charge in [0.2, 0.25) is 0 Å². The number of benzene rings is 2. The van der Waals surface area contributed by atoms with Gasteiger partial charge in [-0.25, -0.2) is 14.8 Å². The molecule has 2 N–H and O–H groups in total. The molecule has 0 unspecified atom stereocenters. The largest absolute Gasteiger partial charge is 0.453 e. The zero-order chi connectivity index (χ0) is 23.2. The second-order valence-electron chi connectivity index (χ2n) is 7.87. The van der Waals surface area contributed by atoms with Crippen LogP contribution in [-0.2, 0) is 0 Å². The number of para-hydroxylation sites is 1. The average Bonchev–Trinajstić information content (AvgIpc) is 3.36. The van der Waals surface area contributed by atoms with Gasteiger partial charge >= 0.3 is 0 Å². The normalized spacial score (nSPS) is 13.1. The number of halogens is 2. The highest BCUT2D eigenvalue weighted by Crippen LogP contribution is 2.37. The molecule has 0 bridgehead atoms. The smallest absolute Gasteiger partial charge is 0.188 e. The molecule has 1 saturated heterocycles. The van der Waals surface area contributed by atoms with Crippen LogP contribution < -0.4 is 15.4 Å². The summed E-state index contributed by atoms with van der Waals surface area (Å²) in [7, 11) is 0. The molecule has 0 saturated carbocycles. The van der Waals surface area contributed by atoms with Crippen molar-refractivity contribution in [3.05, 3.63) is 89.4 Å². The average molecular weight is 559 g/mol. The summed E-state index contributed by atoms with van der Waals surface area (Å²) in [5.74, 6) is 2.51. The number of nitrogens with one attached hydrogen (secondary N) is 2. The minimum absolute atomic E-state index is 0. The van der Waals surface area contributed by atoms with Crippen molar-refractivity contribution >= 4 is 64.5 Å². The zero-order valence-corrected chi connectivity index (χ0v) is 22.5. The number of ether oxygens (including phenoxy) is 1. The Kier molecular flexibility index (Phi) is 10.4. The number of anilines is 2. The monoisotopic (exact) mass is 557 g/mol. The standard InChI is InChI=1S/C26H23N5OS2.2ClH/c1-27-19-7-9-21(10-8-19)34-22-15-24(32-20-5-3-2-4-6-20)25(29-16-22)31-26-30-23(17-33-26)18-11-13-28-14-12-18;;/h2-10,15-18,28H,11-14H2,(H,29,30,31);2*1H. The molecule has 2 aromatic carbocycles. The molecule has 5 rings (SSSR count). The summed E-state index contributed by atoms with van der Waals surface area (Å²) in [4.78, 5) is 14.9. The molecule has 1 fully saturated rings. The number of rotatable bonds is 7. The Hall–Kier alpha value is -2.80. The Balaban J connectivity index is 0.00000180. The number of piperidine rings is 1. The second-order valence-corrected chi connectivity index (χ2v) is 9.87. The lowest BCUT2D eigenvalue weighted by atomic mass is 9.96. The van der Waals surface area contributed by atoms with Crippen LogP contribution in [0.15, 0.2) is 82.0 Å². The van der Waals surface area contributed by atoms with Crippen LogP contribution in [0, 0.1) is 6.57 Å². The van der Waals surface area contributed by atoms with Crippen LogP contribution in [0.1, 0.15) is 24.5 Å². The Morgan fingerprint density at radius 1 is 1.03 bits per heavy atom. The Morgan fingerprint density at radius 3 is 2.50 bits per heavy atom. The molecule has 0 atom stereocenters. The molecule has 0 amide bonds. The van der Waals surface area contributed by atoms with E-state index < -0.39 is 0 Å². The first-order valence-electron chi connectivity index (χ1n) is 11.1. The number of pyridine rings is 1. The quantitative estimate of drug-likeness (QED) is 0.224. The summed E-state index contributed by atoms with van der Waals surface area (Å²) in [5.41, 5.74) is 1.77. The van der Waals surface area contributed by atoms with Gasteiger partial charge in [-0.1, -0.05) is 54.2 Å². The molecule has 186 valence electrons. The van der Waals surface area contributed by atoms with E-state index in [9.17, 15) is 0 Å². The Labute approximate surface area is 231 Å². The number of aromatic nitrogens is 2. The molecule has 6 nitrogen and oxygen atoms in total. The van der Waals surface area contributed by atoms with Crippen molar-refractivity contribution in [3.8, 4) is 11.5 Å². The molecule has 0 spiro atoms. The van der Waals surface area contributed by atoms with Gasteiger partial charge in [-0.2, -0.15) is 0 Å². The van der Waals surface area contributed by atoms with E-state index in [1.807, 2.05) is 66.9 Å². The summed E-state index contributed by atoms with van der Waals surface area (Å²) in [6.07, 6.45) is 4.06. The lowest BCUT2D eigenvalue weighted by molar-refractivity contribution is 0.455. The van der Waals surface area contributed by atoms with Crippen molar-refractivity contribution in [2.75, 3.05) is 18.4 Å². The van der Waals surface area contributed by atoms with Gasteiger partial charge in [0.05, 0.1) is 12.3 Å². The molecule has 0 aliphatic carbocycles. The second kappa shape index (κ2) is 13.5. The predicted octanol–water partition coefficient (Wildman–Crippen LogP) is 8.09. The molecule has 3 heterocycles. The van der Waals surface area contributed by atoms with Crippen molar-refractivity contribution < 1.29 is 4.74 Å². The van der Waals surface area contributed by atoms with Gasteiger partial charge in [-0.15, -0.1) is 36.2 Å². The summed E-state index contributed by atoms with van der Waals surface area (Å²) in [6, 6.07) is 19.2. The molecule has 0 radical (unpaired) electrons. The Morgan fingerprint density at radius 2 is 1.78 bits per heavy atom. The van der Waals surface area contributed by atoms with Gasteiger partial charge in [-0.05, 0) is 38.1 Å². The highest BCUT2D eigenvalue weighted by Gasteiger charge is 2.19. The molecular weight excluding hydrogens is 533 g/mol. The van der Waals surface area contributed by atoms with Gasteiger partial charge in [0, 0.05) is 33.4 Å². The van der Waals surface area contributed by atoms with Crippen LogP contribution in [0.3, 0.4) is 0 Å². The maximum atomic E-state index is 7.12. The lowest BCUT2D eigenvalue weighted by Gasteiger charge is -2.20. The van der Waals surface area contributed by atoms with Crippen molar-refractivity contribution in [2.45, 2.75) is 28.6 Å². The van der Waals surface area contributed by atoms with Gasteiger partial charge in [0.25, 0.3) is 0 Å². The van der Waals surface area contributed by atoms with E-state index >= 15 is 0 Å². The molecule has 1 aliphatic heterocycles. The van der Waals surface area contributed by atoms with Crippen LogP contribution in [0.2, 0.25) is 0 Å². The highest BCUT2D eigenvalue weighted by atomic mass is 35.5. The van der Waals surface area contributed by atoms with Gasteiger partial charge in [-0.3, -0.25) is 0 Å². The van der Waals surface area contributed by atoms with Crippen LogP contribution in [0.25, 0.3) is 4.85 Å². The van der Waals surface area contributed by atoms with Crippen molar-refractivity contribution in [2.24, 2.45) is 0 Å². The zero-order valence-electron chi connectivity index (χ0n) is 19.2. The number of thiazole rings is 1. The predicted molar refractivity (Wildman–Crippen MR) is 152 cm³/mol. The van der Waals surface area contributed by atoms with E-state index in [-0.39, 0.29) is 24.8 Å². The molecule has 4 aromatic rings. The van der Waals surface area contributed by atoms with Crippen LogP contribution in [0.5, 0.6) is 11.5 Å². The summed E-state index contributed by atoms with van der Waals surface area (Å²) >= 11 is 3.17. The van der Waals surface area contributed by atoms with E-state index in [1.54, 1.807) is 23.1 Å². The molecular formula is C26H25Cl2N5OS2. The third kappa shape index (κ3) is 7.12. The fraction of sp³-hybridized carbons (Fsp3) is 0.192. The van der Waals surface area contributed by atoms with E-state index in [0.29, 0.717) is 23.2 Å². The van der Waals surface area contributed by atoms with Crippen molar-refractivity contribution in [1.29, 1.82) is 0 Å². The highest BCUT2D eigenvalue weighted by molar-refractivity contribution is 7.99. The minimum atomic E-state index is 0. The fourth-order valence-electron chi connectivity index (χ4n) is 3.74. The van der Waals surface area contributed by atoms with Crippen LogP contribution >= 0.6 is 47.9 Å². The van der Waals surface area contributed by atoms with E-state index in [2.05, 4.69) is 25.8 Å². The van der Waals surface area contributed by atoms with E-state index in [4.69, 9.17) is 16.3 Å². The minimum Gasteiger partial charge on any atom is -0.453 e. The first kappa shape index (κ1) is 27.8. The first-order valence-corrected chi connectivity index (χ1v) is 12.8. The maximum Gasteiger partial charge on any atom is 0.188 e. The van der Waals surface area contributed by atoms with Gasteiger partial charge in [0.1, 0.15) is 5.75 Å². The lowest BCUT2D eigenvalue weighted by Crippen LogP contribution is -2.26. The molecule has 1 aliphatic rings. The number of hydrogen-bond acceptors (Lipinski definition) is 7. The summed E-state index contributed by atoms with van der Waals surface area (Å²) in [5, 5.41) is 9.74. The topological polar surface area (TPSA) is 63.4 Å². The van der Waals surface area contributed by atoms with E-state index in [0.717, 1.165) is 52.3 Å². The fourth-order valence-corrected chi connectivity index (χ4v) is 5.35. The Bertz CT molecular complexity index is 1290. The molecule has 2 aromatic heterocycles. The van der Waals surface area contributed by atoms with Crippen LogP contribution in [-0.4, -0.2) is 23.1 Å². The summed E-state index contributed by atoms with van der Waals surface area (Å²) < 4.78 is 6.21. The maximum absolute atomic E-state index is 7.12. The third-order valence-corrected chi connectivity index (χ3v) is 7.25. The van der Waals surface area contributed by atoms with Crippen molar-refractivity contribution in [1.82, 2.24) is 15.3 Å². The number of nitrogens with zero attached hydrogens (tertiary/aromatic N) is 3. The van der Waals surface area contributed by atoms with Crippen molar-refractivity contribution in [3.63, 3.8) is 0 Å². The SMILES string of the molecule is Cl.Cl.[C-]#[N+]c1ccc(Sc2cnc(Nc3nc(C4CCNCC4)cs3)c(Oc3ccccc3)c2)cc1. The van der Waals surface area contributed by atoms with Gasteiger partial charge in [0.15, 0.2) is 22.4 Å². The summed E-state index contributed by atoms with van der Waals surface area (Å²) in [6.45, 7) is 9.21. The first-order chi connectivity index (χ1) is 16.8. The van der Waals surface area contributed by atoms with Gasteiger partial charge < -0.3 is 15.4 Å². The van der Waals surface area contributed by atoms with Crippen LogP contribution in [0.4, 0.5) is 16.6 Å². The third-order valence-electron chi connectivity index (χ3n) is 5.50. The molecule has 36 heavy (non-hydrogen) atoms. The molecule has 10 heteroatoms.